The zero-order valence-corrected chi connectivity index (χ0v) is 15.8. The molecule has 0 bridgehead atoms. The summed E-state index contributed by atoms with van der Waals surface area (Å²) in [6.07, 6.45) is 1.11. The largest absolute Gasteiger partial charge is 0.484 e. The molecule has 0 saturated carbocycles. The highest BCUT2D eigenvalue weighted by Crippen LogP contribution is 2.20. The summed E-state index contributed by atoms with van der Waals surface area (Å²) in [6, 6.07) is 13.0. The quantitative estimate of drug-likeness (QED) is 0.813. The first-order valence-electron chi connectivity index (χ1n) is 9.29. The van der Waals surface area contributed by atoms with Gasteiger partial charge in [-0.3, -0.25) is 4.79 Å². The van der Waals surface area contributed by atoms with E-state index in [1.807, 2.05) is 0 Å². The van der Waals surface area contributed by atoms with Gasteiger partial charge in [0.2, 0.25) is 0 Å². The van der Waals surface area contributed by atoms with Crippen LogP contribution in [0.15, 0.2) is 40.8 Å². The maximum Gasteiger partial charge on any atom is 0.287 e. The summed E-state index contributed by atoms with van der Waals surface area (Å²) in [5, 5.41) is 12.0. The highest BCUT2D eigenvalue weighted by molar-refractivity contribution is 5.91. The van der Waals surface area contributed by atoms with E-state index in [1.54, 1.807) is 36.4 Å². The number of nitrogens with one attached hydrogen (secondary N) is 1. The number of likely N-dealkylation sites (tertiary alicyclic amines) is 1. The van der Waals surface area contributed by atoms with Gasteiger partial charge < -0.3 is 19.4 Å². The molecule has 1 N–H and O–H groups in total. The fourth-order valence-corrected chi connectivity index (χ4v) is 3.23. The third-order valence-corrected chi connectivity index (χ3v) is 4.86. The topological polar surface area (TPSA) is 78.5 Å². The average Bonchev–Trinajstić information content (AvgIpc) is 3.34. The van der Waals surface area contributed by atoms with Crippen molar-refractivity contribution in [2.45, 2.75) is 32.9 Å². The first-order valence-corrected chi connectivity index (χ1v) is 9.29. The Morgan fingerprint density at radius 3 is 2.93 bits per heavy atom. The molecule has 1 amide bonds. The molecular formula is C21H25N3O3. The average molecular weight is 367 g/mol. The van der Waals surface area contributed by atoms with Gasteiger partial charge in [-0.05, 0) is 57.0 Å². The summed E-state index contributed by atoms with van der Waals surface area (Å²) in [7, 11) is 0. The van der Waals surface area contributed by atoms with E-state index in [9.17, 15) is 4.79 Å². The fourth-order valence-electron chi connectivity index (χ4n) is 3.23. The smallest absolute Gasteiger partial charge is 0.287 e. The third kappa shape index (κ3) is 4.89. The normalized spacial score (nSPS) is 17.0. The molecule has 0 spiro atoms. The lowest BCUT2D eigenvalue weighted by atomic mass is 10.1. The van der Waals surface area contributed by atoms with E-state index >= 15 is 0 Å². The minimum atomic E-state index is -0.207. The molecule has 2 heterocycles. The summed E-state index contributed by atoms with van der Waals surface area (Å²) >= 11 is 0. The molecule has 142 valence electrons. The maximum absolute atomic E-state index is 12.3. The molecule has 27 heavy (non-hydrogen) atoms. The molecule has 1 atom stereocenters. The van der Waals surface area contributed by atoms with E-state index in [1.165, 1.54) is 0 Å². The Morgan fingerprint density at radius 1 is 1.37 bits per heavy atom. The zero-order chi connectivity index (χ0) is 19.2. The standard InChI is InChI=1S/C21H25N3O3/c1-15(2)24-10-9-16(13-24)12-23-21(25)20-8-7-18(27-20)14-26-19-6-4-3-5-17(19)11-22/h3-8,15-16H,9-10,12-14H2,1-2H3,(H,23,25). The van der Waals surface area contributed by atoms with Gasteiger partial charge in [0.25, 0.3) is 5.91 Å². The first-order chi connectivity index (χ1) is 13.1. The summed E-state index contributed by atoms with van der Waals surface area (Å²) in [6.45, 7) is 7.32. The van der Waals surface area contributed by atoms with Crippen molar-refractivity contribution in [1.29, 1.82) is 5.26 Å². The van der Waals surface area contributed by atoms with Crippen LogP contribution in [0.4, 0.5) is 0 Å². The lowest BCUT2D eigenvalue weighted by molar-refractivity contribution is 0.0915. The van der Waals surface area contributed by atoms with E-state index in [4.69, 9.17) is 14.4 Å². The highest BCUT2D eigenvalue weighted by Gasteiger charge is 2.24. The second kappa shape index (κ2) is 8.74. The van der Waals surface area contributed by atoms with Gasteiger partial charge in [0, 0.05) is 19.1 Å². The second-order valence-electron chi connectivity index (χ2n) is 7.12. The predicted molar refractivity (Wildman–Crippen MR) is 101 cm³/mol. The summed E-state index contributed by atoms with van der Waals surface area (Å²) < 4.78 is 11.2. The van der Waals surface area contributed by atoms with E-state index in [0.717, 1.165) is 19.5 Å². The SMILES string of the molecule is CC(C)N1CCC(CNC(=O)c2ccc(COc3ccccc3C#N)o2)C1. The van der Waals surface area contributed by atoms with E-state index < -0.39 is 0 Å². The van der Waals surface area contributed by atoms with Gasteiger partial charge in [-0.2, -0.15) is 5.26 Å². The van der Waals surface area contributed by atoms with Crippen LogP contribution in [0, 0.1) is 17.2 Å². The van der Waals surface area contributed by atoms with Crippen LogP contribution in [0.25, 0.3) is 0 Å². The number of carbonyl (C=O) groups excluding carboxylic acids is 1. The van der Waals surface area contributed by atoms with Crippen molar-refractivity contribution in [2.75, 3.05) is 19.6 Å². The van der Waals surface area contributed by atoms with Gasteiger partial charge in [0.15, 0.2) is 5.76 Å². The Kier molecular flexibility index (Phi) is 6.15. The Balaban J connectivity index is 1.49. The summed E-state index contributed by atoms with van der Waals surface area (Å²) in [5.74, 6) is 1.59. The number of para-hydroxylation sites is 1. The number of amides is 1. The van der Waals surface area contributed by atoms with Crippen LogP contribution in [0.3, 0.4) is 0 Å². The molecule has 1 unspecified atom stereocenters. The number of hydrogen-bond acceptors (Lipinski definition) is 5. The number of nitrogens with zero attached hydrogens (tertiary/aromatic N) is 2. The molecule has 0 radical (unpaired) electrons. The number of nitriles is 1. The Morgan fingerprint density at radius 2 is 2.19 bits per heavy atom. The molecular weight excluding hydrogens is 342 g/mol. The van der Waals surface area contributed by atoms with Crippen LogP contribution in [0.2, 0.25) is 0 Å². The highest BCUT2D eigenvalue weighted by atomic mass is 16.5. The molecule has 1 aromatic heterocycles. The van der Waals surface area contributed by atoms with E-state index in [-0.39, 0.29) is 18.3 Å². The van der Waals surface area contributed by atoms with Crippen LogP contribution in [-0.2, 0) is 6.61 Å². The Bertz CT molecular complexity index is 822. The van der Waals surface area contributed by atoms with Gasteiger partial charge >= 0.3 is 0 Å². The van der Waals surface area contributed by atoms with Gasteiger partial charge in [0.05, 0.1) is 5.56 Å². The molecule has 1 aliphatic rings. The third-order valence-electron chi connectivity index (χ3n) is 4.86. The molecule has 3 rings (SSSR count). The summed E-state index contributed by atoms with van der Waals surface area (Å²) in [4.78, 5) is 14.7. The minimum absolute atomic E-state index is 0.165. The van der Waals surface area contributed by atoms with Crippen molar-refractivity contribution in [1.82, 2.24) is 10.2 Å². The monoisotopic (exact) mass is 367 g/mol. The molecule has 1 aliphatic heterocycles. The maximum atomic E-state index is 12.3. The van der Waals surface area contributed by atoms with E-state index in [0.29, 0.717) is 35.6 Å². The lowest BCUT2D eigenvalue weighted by Crippen LogP contribution is -2.32. The zero-order valence-electron chi connectivity index (χ0n) is 15.8. The number of ether oxygens (including phenoxy) is 1. The Hall–Kier alpha value is -2.78. The minimum Gasteiger partial charge on any atom is -0.484 e. The predicted octanol–water partition coefficient (Wildman–Crippen LogP) is 3.19. The molecule has 1 aromatic carbocycles. The number of hydrogen-bond donors (Lipinski definition) is 1. The van der Waals surface area contributed by atoms with Gasteiger partial charge in [-0.15, -0.1) is 0 Å². The van der Waals surface area contributed by atoms with E-state index in [2.05, 4.69) is 30.1 Å². The summed E-state index contributed by atoms with van der Waals surface area (Å²) in [5.41, 5.74) is 0.467. The molecule has 2 aromatic rings. The van der Waals surface area contributed by atoms with Gasteiger partial charge in [-0.25, -0.2) is 0 Å². The molecule has 6 nitrogen and oxygen atoms in total. The first kappa shape index (κ1) is 19.0. The van der Waals surface area contributed by atoms with Crippen molar-refractivity contribution < 1.29 is 13.9 Å². The van der Waals surface area contributed by atoms with Crippen LogP contribution >= 0.6 is 0 Å². The van der Waals surface area contributed by atoms with Crippen molar-refractivity contribution >= 4 is 5.91 Å². The fraction of sp³-hybridized carbons (Fsp3) is 0.429. The molecule has 0 aliphatic carbocycles. The Labute approximate surface area is 159 Å². The molecule has 1 fully saturated rings. The van der Waals surface area contributed by atoms with Crippen LogP contribution in [0.1, 0.15) is 42.1 Å². The number of carbonyl (C=O) groups is 1. The van der Waals surface area contributed by atoms with Crippen molar-refractivity contribution in [3.05, 3.63) is 53.5 Å². The van der Waals surface area contributed by atoms with Crippen LogP contribution < -0.4 is 10.1 Å². The van der Waals surface area contributed by atoms with Crippen molar-refractivity contribution in [3.63, 3.8) is 0 Å². The van der Waals surface area contributed by atoms with Crippen LogP contribution in [0.5, 0.6) is 5.75 Å². The van der Waals surface area contributed by atoms with Crippen molar-refractivity contribution in [2.24, 2.45) is 5.92 Å². The second-order valence-corrected chi connectivity index (χ2v) is 7.12. The van der Waals surface area contributed by atoms with Crippen molar-refractivity contribution in [3.8, 4) is 11.8 Å². The lowest BCUT2D eigenvalue weighted by Gasteiger charge is -2.20. The van der Waals surface area contributed by atoms with Crippen LogP contribution in [-0.4, -0.2) is 36.5 Å². The van der Waals surface area contributed by atoms with Gasteiger partial charge in [0.1, 0.15) is 24.2 Å². The molecule has 1 saturated heterocycles. The molecule has 6 heteroatoms. The number of benzene rings is 1. The number of furan rings is 1. The number of rotatable bonds is 7. The van der Waals surface area contributed by atoms with Gasteiger partial charge in [-0.1, -0.05) is 12.1 Å².